The predicted octanol–water partition coefficient (Wildman–Crippen LogP) is 4.09. The molecule has 0 radical (unpaired) electrons. The van der Waals surface area contributed by atoms with E-state index in [2.05, 4.69) is 27.3 Å². The zero-order chi connectivity index (χ0) is 20.9. The molecule has 0 spiro atoms. The lowest BCUT2D eigenvalue weighted by molar-refractivity contribution is 0.0951. The quantitative estimate of drug-likeness (QED) is 0.515. The number of carbonyl (C=O) groups excluding carboxylic acids is 1. The minimum absolute atomic E-state index is 0.170. The van der Waals surface area contributed by atoms with Gasteiger partial charge in [-0.05, 0) is 41.3 Å². The lowest BCUT2D eigenvalue weighted by Gasteiger charge is -2.20. The summed E-state index contributed by atoms with van der Waals surface area (Å²) in [6.45, 7) is 0.918. The number of rotatable bonds is 6. The average Bonchev–Trinajstić information content (AvgIpc) is 2.78. The van der Waals surface area contributed by atoms with Crippen molar-refractivity contribution in [2.45, 2.75) is 13.1 Å². The van der Waals surface area contributed by atoms with Gasteiger partial charge in [-0.15, -0.1) is 0 Å². The van der Waals surface area contributed by atoms with E-state index in [1.807, 2.05) is 73.8 Å². The molecule has 0 aliphatic carbocycles. The fraction of sp³-hybridized carbons (Fsp3) is 0.120. The van der Waals surface area contributed by atoms with Crippen LogP contribution in [0.1, 0.15) is 21.5 Å². The van der Waals surface area contributed by atoms with Gasteiger partial charge in [0.15, 0.2) is 0 Å². The molecule has 0 aliphatic heterocycles. The molecule has 3 aromatic carbocycles. The first-order valence-electron chi connectivity index (χ1n) is 9.84. The second-order valence-electron chi connectivity index (χ2n) is 7.29. The average molecular weight is 397 g/mol. The first kappa shape index (κ1) is 19.5. The Morgan fingerprint density at radius 2 is 1.70 bits per heavy atom. The highest BCUT2D eigenvalue weighted by Crippen LogP contribution is 2.17. The molecule has 5 nitrogen and oxygen atoms in total. The molecule has 0 saturated carbocycles. The summed E-state index contributed by atoms with van der Waals surface area (Å²) < 4.78 is 0. The molecule has 0 aliphatic rings. The van der Waals surface area contributed by atoms with Crippen molar-refractivity contribution in [3.63, 3.8) is 0 Å². The van der Waals surface area contributed by atoms with Crippen LogP contribution >= 0.6 is 0 Å². The minimum Gasteiger partial charge on any atom is -0.370 e. The molecule has 0 saturated heterocycles. The molecule has 4 rings (SSSR count). The second kappa shape index (κ2) is 8.66. The van der Waals surface area contributed by atoms with Crippen LogP contribution in [0.3, 0.4) is 0 Å². The highest BCUT2D eigenvalue weighted by Gasteiger charge is 2.10. The van der Waals surface area contributed by atoms with E-state index < -0.39 is 0 Å². The van der Waals surface area contributed by atoms with Crippen LogP contribution in [0.5, 0.6) is 0 Å². The summed E-state index contributed by atoms with van der Waals surface area (Å²) in [4.78, 5) is 29.9. The van der Waals surface area contributed by atoms with E-state index in [0.29, 0.717) is 11.1 Å². The first-order chi connectivity index (χ1) is 14.6. The Bertz CT molecular complexity index is 1230. The molecule has 5 heteroatoms. The van der Waals surface area contributed by atoms with Gasteiger partial charge in [0.05, 0.1) is 0 Å². The molecular formula is C25H23N3O2. The van der Waals surface area contributed by atoms with Gasteiger partial charge in [0.2, 0.25) is 0 Å². The fourth-order valence-corrected chi connectivity index (χ4v) is 3.43. The van der Waals surface area contributed by atoms with E-state index in [9.17, 15) is 9.59 Å². The van der Waals surface area contributed by atoms with Gasteiger partial charge >= 0.3 is 0 Å². The van der Waals surface area contributed by atoms with Crippen molar-refractivity contribution >= 4 is 22.5 Å². The van der Waals surface area contributed by atoms with Crippen LogP contribution < -0.4 is 15.8 Å². The molecule has 0 unspecified atom stereocenters. The van der Waals surface area contributed by atoms with E-state index in [-0.39, 0.29) is 18.0 Å². The number of pyridine rings is 1. The number of fused-ring (bicyclic) bond motifs is 1. The van der Waals surface area contributed by atoms with Crippen molar-refractivity contribution in [1.82, 2.24) is 10.3 Å². The standard InChI is InChI=1S/C25H23N3O2/c1-28(17-18-8-3-2-4-9-18)22-12-7-11-20(15-22)24(29)26-16-21-14-19-10-5-6-13-23(19)27-25(21)30/h2-15H,16-17H2,1H3,(H,26,29)(H,27,30). The van der Waals surface area contributed by atoms with E-state index in [1.54, 1.807) is 6.07 Å². The number of aromatic amines is 1. The van der Waals surface area contributed by atoms with Gasteiger partial charge in [-0.3, -0.25) is 9.59 Å². The number of hydrogen-bond acceptors (Lipinski definition) is 3. The summed E-state index contributed by atoms with van der Waals surface area (Å²) in [6, 6.07) is 27.1. The number of benzene rings is 3. The highest BCUT2D eigenvalue weighted by molar-refractivity contribution is 5.95. The normalized spacial score (nSPS) is 10.7. The summed E-state index contributed by atoms with van der Waals surface area (Å²) in [6.07, 6.45) is 0. The van der Waals surface area contributed by atoms with E-state index in [4.69, 9.17) is 0 Å². The molecular weight excluding hydrogens is 374 g/mol. The molecule has 4 aromatic rings. The van der Waals surface area contributed by atoms with Crippen LogP contribution in [0, 0.1) is 0 Å². The summed E-state index contributed by atoms with van der Waals surface area (Å²) in [5, 5.41) is 3.80. The lowest BCUT2D eigenvalue weighted by Crippen LogP contribution is -2.27. The zero-order valence-corrected chi connectivity index (χ0v) is 16.8. The number of hydrogen-bond donors (Lipinski definition) is 2. The number of para-hydroxylation sites is 1. The van der Waals surface area contributed by atoms with Gasteiger partial charge in [-0.1, -0.05) is 54.6 Å². The molecule has 1 aromatic heterocycles. The topological polar surface area (TPSA) is 65.2 Å². The third kappa shape index (κ3) is 4.41. The SMILES string of the molecule is CN(Cc1ccccc1)c1cccc(C(=O)NCc2cc3ccccc3[nH]c2=O)c1. The molecule has 150 valence electrons. The molecule has 1 amide bonds. The van der Waals surface area contributed by atoms with Gasteiger partial charge in [0.25, 0.3) is 11.5 Å². The third-order valence-electron chi connectivity index (χ3n) is 5.08. The van der Waals surface area contributed by atoms with Crippen molar-refractivity contribution in [1.29, 1.82) is 0 Å². The third-order valence-corrected chi connectivity index (χ3v) is 5.08. The Kier molecular flexibility index (Phi) is 5.61. The maximum atomic E-state index is 12.7. The maximum Gasteiger partial charge on any atom is 0.253 e. The maximum absolute atomic E-state index is 12.7. The number of amides is 1. The van der Waals surface area contributed by atoms with Gasteiger partial charge in [-0.2, -0.15) is 0 Å². The van der Waals surface area contributed by atoms with Crippen molar-refractivity contribution in [2.75, 3.05) is 11.9 Å². The summed E-state index contributed by atoms with van der Waals surface area (Å²) in [5.41, 5.74) is 3.83. The number of carbonyl (C=O) groups is 1. The monoisotopic (exact) mass is 397 g/mol. The molecule has 0 fully saturated rings. The first-order valence-corrected chi connectivity index (χ1v) is 9.84. The predicted molar refractivity (Wildman–Crippen MR) is 121 cm³/mol. The summed E-state index contributed by atoms with van der Waals surface area (Å²) in [7, 11) is 2.00. The van der Waals surface area contributed by atoms with Crippen LogP contribution in [-0.2, 0) is 13.1 Å². The Morgan fingerprint density at radius 3 is 2.53 bits per heavy atom. The largest absolute Gasteiger partial charge is 0.370 e. The second-order valence-corrected chi connectivity index (χ2v) is 7.29. The highest BCUT2D eigenvalue weighted by atomic mass is 16.1. The number of H-pyrrole nitrogens is 1. The van der Waals surface area contributed by atoms with Gasteiger partial charge in [0, 0.05) is 42.5 Å². The molecule has 30 heavy (non-hydrogen) atoms. The Balaban J connectivity index is 1.46. The Labute approximate surface area is 175 Å². The Morgan fingerprint density at radius 1 is 0.933 bits per heavy atom. The fourth-order valence-electron chi connectivity index (χ4n) is 3.43. The zero-order valence-electron chi connectivity index (χ0n) is 16.8. The van der Waals surface area contributed by atoms with Crippen LogP contribution in [-0.4, -0.2) is 17.9 Å². The molecule has 2 N–H and O–H groups in total. The number of anilines is 1. The van der Waals surface area contributed by atoms with E-state index in [0.717, 1.165) is 23.1 Å². The summed E-state index contributed by atoms with van der Waals surface area (Å²) >= 11 is 0. The van der Waals surface area contributed by atoms with Crippen molar-refractivity contribution in [3.05, 3.63) is 112 Å². The van der Waals surface area contributed by atoms with Gasteiger partial charge in [-0.25, -0.2) is 0 Å². The number of aromatic nitrogens is 1. The van der Waals surface area contributed by atoms with Crippen LogP contribution in [0.4, 0.5) is 5.69 Å². The van der Waals surface area contributed by atoms with Gasteiger partial charge < -0.3 is 15.2 Å². The lowest BCUT2D eigenvalue weighted by atomic mass is 10.1. The number of nitrogens with zero attached hydrogens (tertiary/aromatic N) is 1. The van der Waals surface area contributed by atoms with E-state index in [1.165, 1.54) is 5.56 Å². The van der Waals surface area contributed by atoms with Crippen molar-refractivity contribution < 1.29 is 4.79 Å². The van der Waals surface area contributed by atoms with Crippen LogP contribution in [0.15, 0.2) is 89.7 Å². The van der Waals surface area contributed by atoms with E-state index >= 15 is 0 Å². The smallest absolute Gasteiger partial charge is 0.253 e. The molecule has 0 bridgehead atoms. The molecule has 0 atom stereocenters. The summed E-state index contributed by atoms with van der Waals surface area (Å²) in [5.74, 6) is -0.211. The number of nitrogens with one attached hydrogen (secondary N) is 2. The Hall–Kier alpha value is -3.86. The van der Waals surface area contributed by atoms with Crippen LogP contribution in [0.2, 0.25) is 0 Å². The van der Waals surface area contributed by atoms with Crippen molar-refractivity contribution in [3.8, 4) is 0 Å². The van der Waals surface area contributed by atoms with Crippen molar-refractivity contribution in [2.24, 2.45) is 0 Å². The molecule has 1 heterocycles. The van der Waals surface area contributed by atoms with Crippen LogP contribution in [0.25, 0.3) is 10.9 Å². The minimum atomic E-state index is -0.211. The van der Waals surface area contributed by atoms with Gasteiger partial charge in [0.1, 0.15) is 0 Å².